The highest BCUT2D eigenvalue weighted by molar-refractivity contribution is 5.09. The third kappa shape index (κ3) is 5.23. The Labute approximate surface area is 267 Å². The van der Waals surface area contributed by atoms with Gasteiger partial charge in [-0.3, -0.25) is 5.26 Å². The van der Waals surface area contributed by atoms with Gasteiger partial charge in [-0.15, -0.1) is 5.10 Å². The van der Waals surface area contributed by atoms with E-state index in [1.807, 2.05) is 10.9 Å². The van der Waals surface area contributed by atoms with Gasteiger partial charge in [-0.1, -0.05) is 32.9 Å². The molecular weight excluding hydrogens is 578 g/mol. The molecule has 4 saturated heterocycles. The minimum absolute atomic E-state index is 0.0134. The first kappa shape index (κ1) is 32.4. The van der Waals surface area contributed by atoms with Gasteiger partial charge >= 0.3 is 0 Å². The molecule has 1 aromatic heterocycles. The van der Waals surface area contributed by atoms with Crippen molar-refractivity contribution < 1.29 is 38.9 Å². The molecule has 11 heteroatoms. The van der Waals surface area contributed by atoms with E-state index in [0.29, 0.717) is 24.9 Å². The fourth-order valence-corrected chi connectivity index (χ4v) is 10.5. The number of hydrogen-bond acceptors (Lipinski definition) is 10. The van der Waals surface area contributed by atoms with E-state index in [4.69, 9.17) is 28.6 Å². The summed E-state index contributed by atoms with van der Waals surface area (Å²) >= 11 is 0. The second-order valence-electron chi connectivity index (χ2n) is 15.6. The molecule has 6 fully saturated rings. The third-order valence-corrected chi connectivity index (χ3v) is 13.1. The molecule has 11 nitrogen and oxygen atoms in total. The van der Waals surface area contributed by atoms with Crippen molar-refractivity contribution in [1.29, 1.82) is 0 Å². The monoisotopic (exact) mass is 633 g/mol. The molecule has 45 heavy (non-hydrogen) atoms. The maximum absolute atomic E-state index is 12.2. The topological polar surface area (TPSA) is 127 Å². The zero-order valence-electron chi connectivity index (χ0n) is 27.9. The Morgan fingerprint density at radius 2 is 1.42 bits per heavy atom. The maximum Gasteiger partial charge on any atom is 0.193 e. The van der Waals surface area contributed by atoms with Crippen LogP contribution < -0.4 is 0 Å². The van der Waals surface area contributed by atoms with Gasteiger partial charge in [-0.25, -0.2) is 9.57 Å². The van der Waals surface area contributed by atoms with E-state index in [-0.39, 0.29) is 53.9 Å². The van der Waals surface area contributed by atoms with Gasteiger partial charge in [-0.2, -0.15) is 0 Å². The molecule has 2 unspecified atom stereocenters. The third-order valence-electron chi connectivity index (χ3n) is 13.1. The summed E-state index contributed by atoms with van der Waals surface area (Å²) < 4.78 is 34.0. The lowest BCUT2D eigenvalue weighted by atomic mass is 9.58. The fraction of sp³-hybridized carbons (Fsp3) is 0.941. The Morgan fingerprint density at radius 3 is 2.16 bits per heavy atom. The van der Waals surface area contributed by atoms with Crippen LogP contribution in [0.25, 0.3) is 0 Å². The van der Waals surface area contributed by atoms with Gasteiger partial charge in [-0.05, 0) is 94.8 Å². The summed E-state index contributed by atoms with van der Waals surface area (Å²) in [6.45, 7) is 13.4. The highest BCUT2D eigenvalue weighted by Crippen LogP contribution is 2.58. The second-order valence-corrected chi connectivity index (χ2v) is 15.6. The van der Waals surface area contributed by atoms with Gasteiger partial charge in [0, 0.05) is 24.2 Å². The zero-order chi connectivity index (χ0) is 31.7. The maximum atomic E-state index is 12.2. The van der Waals surface area contributed by atoms with Crippen LogP contribution in [0.1, 0.15) is 105 Å². The Bertz CT molecular complexity index is 1190. The first-order valence-corrected chi connectivity index (χ1v) is 17.8. The van der Waals surface area contributed by atoms with Crippen LogP contribution >= 0.6 is 0 Å². The molecule has 7 rings (SSSR count). The molecule has 16 atom stereocenters. The van der Waals surface area contributed by atoms with Crippen LogP contribution in [0.5, 0.6) is 0 Å². The fourth-order valence-electron chi connectivity index (χ4n) is 10.5. The normalized spacial score (nSPS) is 51.5. The quantitative estimate of drug-likeness (QED) is 0.314. The van der Waals surface area contributed by atoms with Crippen molar-refractivity contribution in [2.45, 2.75) is 148 Å². The summed E-state index contributed by atoms with van der Waals surface area (Å²) in [6, 6.07) is 0. The van der Waals surface area contributed by atoms with Gasteiger partial charge in [0.15, 0.2) is 30.7 Å². The summed E-state index contributed by atoms with van der Waals surface area (Å²) in [5.41, 5.74) is -1.05. The van der Waals surface area contributed by atoms with Crippen LogP contribution in [0.4, 0.5) is 0 Å². The Balaban J connectivity index is 1.02. The van der Waals surface area contributed by atoms with E-state index in [9.17, 15) is 10.4 Å². The highest BCUT2D eigenvalue weighted by Gasteiger charge is 2.65. The van der Waals surface area contributed by atoms with Crippen LogP contribution in [0, 0.1) is 47.3 Å². The van der Waals surface area contributed by atoms with Gasteiger partial charge in [0.2, 0.25) is 0 Å². The smallest absolute Gasteiger partial charge is 0.193 e. The molecule has 254 valence electrons. The van der Waals surface area contributed by atoms with Gasteiger partial charge in [0.25, 0.3) is 0 Å². The molecule has 0 radical (unpaired) electrons. The van der Waals surface area contributed by atoms with Gasteiger partial charge < -0.3 is 28.8 Å². The molecule has 1 aromatic rings. The molecular formula is C34H55N3O8. The van der Waals surface area contributed by atoms with Gasteiger partial charge in [0.1, 0.15) is 5.60 Å². The Morgan fingerprint density at radius 1 is 0.778 bits per heavy atom. The summed E-state index contributed by atoms with van der Waals surface area (Å²) in [5.74, 6) is 1.42. The van der Waals surface area contributed by atoms with Crippen LogP contribution in [0.15, 0.2) is 6.20 Å². The molecule has 0 aromatic carbocycles. The van der Waals surface area contributed by atoms with E-state index >= 15 is 0 Å². The molecule has 2 N–H and O–H groups in total. The predicted octanol–water partition coefficient (Wildman–Crippen LogP) is 5.33. The summed E-state index contributed by atoms with van der Waals surface area (Å²) in [7, 11) is 0. The highest BCUT2D eigenvalue weighted by atomic mass is 17.1. The lowest BCUT2D eigenvalue weighted by Gasteiger charge is -2.57. The van der Waals surface area contributed by atoms with Crippen molar-refractivity contribution in [3.8, 4) is 0 Å². The summed E-state index contributed by atoms with van der Waals surface area (Å²) in [5, 5.41) is 31.5. The Hall–Kier alpha value is -1.18. The number of nitrogens with zero attached hydrogens (tertiary/aromatic N) is 3. The standard InChI is InChI=1S/C34H55N3O8/c1-18-7-11-27-22(5)29(43-31-33(27,38)25(18)13-9-20(3)41-31)37-17-24(35-36-37)15-16-40-30-23(6)28-12-8-19(2)26-14-10-21(4)42-32(44-30)34(26,28)45-39/h17-23,25-32,38-39H,7-16H2,1-6H3/t18-,19-,20+,21+,22?,23-,25+,26+,27+,28+,29?,30-,31+,32+,33-,34-/m1/s1. The molecule has 0 amide bonds. The zero-order valence-corrected chi connectivity index (χ0v) is 27.9. The summed E-state index contributed by atoms with van der Waals surface area (Å²) in [4.78, 5) is 5.43. The van der Waals surface area contributed by atoms with E-state index in [1.165, 1.54) is 0 Å². The average Bonchev–Trinajstić information content (AvgIpc) is 3.36. The molecule has 2 saturated carbocycles. The van der Waals surface area contributed by atoms with Crippen LogP contribution in [0.3, 0.4) is 0 Å². The number of hydrogen-bond donors (Lipinski definition) is 2. The van der Waals surface area contributed by atoms with Crippen molar-refractivity contribution in [2.75, 3.05) is 6.61 Å². The van der Waals surface area contributed by atoms with Crippen LogP contribution in [-0.4, -0.2) is 74.2 Å². The molecule has 4 aliphatic heterocycles. The summed E-state index contributed by atoms with van der Waals surface area (Å²) in [6.07, 6.45) is 8.17. The number of aliphatic hydroxyl groups is 1. The number of rotatable bonds is 6. The SMILES string of the molecule is CC1C(n2cc(CCO[C@@H]3O[C@@H]4O[C@@H](C)CC[C@H]5[C@H](C)CC[C@@H]([C@H]3C)[C@@]45OO)nn2)O[C@@H]2O[C@@H](C)CC[C@H]3[C@H](C)CC[C@@H]1[C@@]23O. The molecule has 6 aliphatic rings. The first-order chi connectivity index (χ1) is 21.6. The van der Waals surface area contributed by atoms with Crippen LogP contribution in [-0.2, 0) is 35.0 Å². The lowest BCUT2D eigenvalue weighted by molar-refractivity contribution is -0.460. The second kappa shape index (κ2) is 12.4. The largest absolute Gasteiger partial charge is 0.384 e. The van der Waals surface area contributed by atoms with Crippen molar-refractivity contribution in [3.05, 3.63) is 11.9 Å². The van der Waals surface area contributed by atoms with E-state index in [0.717, 1.165) is 57.1 Å². The van der Waals surface area contributed by atoms with Crippen LogP contribution in [0.2, 0.25) is 0 Å². The van der Waals surface area contributed by atoms with Gasteiger partial charge in [0.05, 0.1) is 30.7 Å². The molecule has 5 heterocycles. The van der Waals surface area contributed by atoms with Crippen molar-refractivity contribution >= 4 is 0 Å². The van der Waals surface area contributed by atoms with Crippen molar-refractivity contribution in [1.82, 2.24) is 15.0 Å². The van der Waals surface area contributed by atoms with Crippen molar-refractivity contribution in [2.24, 2.45) is 47.3 Å². The minimum Gasteiger partial charge on any atom is -0.384 e. The number of aromatic nitrogens is 3. The average molecular weight is 634 g/mol. The predicted molar refractivity (Wildman–Crippen MR) is 162 cm³/mol. The van der Waals surface area contributed by atoms with E-state index in [2.05, 4.69) is 51.9 Å². The molecule has 0 spiro atoms. The first-order valence-electron chi connectivity index (χ1n) is 17.8. The van der Waals surface area contributed by atoms with Crippen molar-refractivity contribution in [3.63, 3.8) is 0 Å². The minimum atomic E-state index is -0.986. The number of ether oxygens (including phenoxy) is 5. The lowest BCUT2D eigenvalue weighted by Crippen LogP contribution is -2.67. The van der Waals surface area contributed by atoms with E-state index < -0.39 is 30.1 Å². The molecule has 2 aliphatic carbocycles. The Kier molecular flexibility index (Phi) is 8.90. The molecule has 0 bridgehead atoms. The van der Waals surface area contributed by atoms with E-state index in [1.54, 1.807) is 0 Å².